The minimum absolute atomic E-state index is 0.0576. The maximum atomic E-state index is 11.1. The number of amides is 1. The minimum atomic E-state index is -0.0576. The molecule has 0 radical (unpaired) electrons. The lowest BCUT2D eigenvalue weighted by Gasteiger charge is -1.96. The zero-order valence-electron chi connectivity index (χ0n) is 9.61. The van der Waals surface area contributed by atoms with Crippen LogP contribution in [0.25, 0.3) is 11.4 Å². The normalized spacial score (nSPS) is 10.3. The van der Waals surface area contributed by atoms with Crippen LogP contribution in [0.5, 0.6) is 0 Å². The Morgan fingerprint density at radius 1 is 1.44 bits per heavy atom. The number of aromatic amines is 1. The summed E-state index contributed by atoms with van der Waals surface area (Å²) in [5.74, 6) is 0.901. The van der Waals surface area contributed by atoms with E-state index in [0.717, 1.165) is 5.56 Å². The molecular formula is C11H11ClN4OS. The van der Waals surface area contributed by atoms with Crippen LogP contribution in [-0.4, -0.2) is 33.9 Å². The monoisotopic (exact) mass is 282 g/mol. The molecule has 1 aromatic carbocycles. The van der Waals surface area contributed by atoms with Crippen LogP contribution in [0.2, 0.25) is 5.02 Å². The van der Waals surface area contributed by atoms with Gasteiger partial charge in [0, 0.05) is 17.6 Å². The zero-order chi connectivity index (χ0) is 13.0. The first-order valence-electron chi connectivity index (χ1n) is 5.21. The van der Waals surface area contributed by atoms with Crippen molar-refractivity contribution in [2.24, 2.45) is 0 Å². The van der Waals surface area contributed by atoms with E-state index < -0.39 is 0 Å². The van der Waals surface area contributed by atoms with Gasteiger partial charge < -0.3 is 5.32 Å². The number of carbonyl (C=O) groups excluding carboxylic acids is 1. The van der Waals surface area contributed by atoms with Crippen LogP contribution >= 0.6 is 23.4 Å². The number of H-pyrrole nitrogens is 1. The lowest BCUT2D eigenvalue weighted by atomic mass is 10.2. The van der Waals surface area contributed by atoms with Crippen molar-refractivity contribution in [3.8, 4) is 11.4 Å². The highest BCUT2D eigenvalue weighted by atomic mass is 35.5. The number of hydrogen-bond acceptors (Lipinski definition) is 4. The molecule has 1 amide bonds. The smallest absolute Gasteiger partial charge is 0.230 e. The van der Waals surface area contributed by atoms with Crippen molar-refractivity contribution >= 4 is 29.3 Å². The molecule has 0 aliphatic rings. The first kappa shape index (κ1) is 12.9. The summed E-state index contributed by atoms with van der Waals surface area (Å²) in [6.45, 7) is 0. The summed E-state index contributed by atoms with van der Waals surface area (Å²) in [6, 6.07) is 7.29. The molecule has 0 unspecified atom stereocenters. The molecule has 0 spiro atoms. The molecule has 0 saturated heterocycles. The number of hydrogen-bond donors (Lipinski definition) is 2. The second-order valence-electron chi connectivity index (χ2n) is 3.44. The third-order valence-corrected chi connectivity index (χ3v) is 3.29. The number of halogens is 1. The van der Waals surface area contributed by atoms with Crippen molar-refractivity contribution in [3.05, 3.63) is 29.3 Å². The summed E-state index contributed by atoms with van der Waals surface area (Å²) in [4.78, 5) is 15.4. The second kappa shape index (κ2) is 5.88. The molecule has 0 bridgehead atoms. The fraction of sp³-hybridized carbons (Fsp3) is 0.182. The summed E-state index contributed by atoms with van der Waals surface area (Å²) in [7, 11) is 1.60. The van der Waals surface area contributed by atoms with Crippen molar-refractivity contribution in [2.75, 3.05) is 12.8 Å². The van der Waals surface area contributed by atoms with Crippen molar-refractivity contribution in [1.29, 1.82) is 0 Å². The summed E-state index contributed by atoms with van der Waals surface area (Å²) in [5.41, 5.74) is 0.902. The van der Waals surface area contributed by atoms with Gasteiger partial charge in [-0.1, -0.05) is 23.4 Å². The van der Waals surface area contributed by atoms with Crippen molar-refractivity contribution in [3.63, 3.8) is 0 Å². The molecule has 0 fully saturated rings. The Morgan fingerprint density at radius 2 is 2.17 bits per heavy atom. The highest BCUT2D eigenvalue weighted by Crippen LogP contribution is 2.20. The molecule has 94 valence electrons. The van der Waals surface area contributed by atoms with Crippen LogP contribution in [-0.2, 0) is 4.79 Å². The van der Waals surface area contributed by atoms with Crippen molar-refractivity contribution in [1.82, 2.24) is 20.5 Å². The third kappa shape index (κ3) is 3.24. The fourth-order valence-electron chi connectivity index (χ4n) is 1.25. The number of nitrogens with zero attached hydrogens (tertiary/aromatic N) is 2. The topological polar surface area (TPSA) is 70.7 Å². The maximum Gasteiger partial charge on any atom is 0.230 e. The van der Waals surface area contributed by atoms with Gasteiger partial charge in [-0.15, -0.1) is 5.10 Å². The molecule has 0 aliphatic heterocycles. The number of aromatic nitrogens is 3. The Kier molecular flexibility index (Phi) is 4.22. The van der Waals surface area contributed by atoms with Gasteiger partial charge >= 0.3 is 0 Å². The van der Waals surface area contributed by atoms with E-state index in [2.05, 4.69) is 20.5 Å². The first-order chi connectivity index (χ1) is 8.69. The first-order valence-corrected chi connectivity index (χ1v) is 6.57. The van der Waals surface area contributed by atoms with E-state index in [9.17, 15) is 4.79 Å². The maximum absolute atomic E-state index is 11.1. The van der Waals surface area contributed by atoms with Crippen molar-refractivity contribution < 1.29 is 4.79 Å². The average molecular weight is 283 g/mol. The van der Waals surface area contributed by atoms with E-state index in [4.69, 9.17) is 11.6 Å². The molecule has 5 nitrogen and oxygen atoms in total. The largest absolute Gasteiger partial charge is 0.358 e. The molecule has 0 atom stereocenters. The number of thioether (sulfide) groups is 1. The Labute approximate surface area is 113 Å². The molecule has 0 aliphatic carbocycles. The summed E-state index contributed by atoms with van der Waals surface area (Å²) in [6.07, 6.45) is 0. The van der Waals surface area contributed by atoms with Crippen LogP contribution < -0.4 is 5.32 Å². The summed E-state index contributed by atoms with van der Waals surface area (Å²) < 4.78 is 0. The van der Waals surface area contributed by atoms with Gasteiger partial charge in [0.05, 0.1) is 5.75 Å². The van der Waals surface area contributed by atoms with Crippen LogP contribution in [0.1, 0.15) is 0 Å². The van der Waals surface area contributed by atoms with E-state index in [1.54, 1.807) is 19.2 Å². The van der Waals surface area contributed by atoms with Crippen LogP contribution in [0.4, 0.5) is 0 Å². The number of rotatable bonds is 4. The molecule has 7 heteroatoms. The predicted molar refractivity (Wildman–Crippen MR) is 71.6 cm³/mol. The predicted octanol–water partition coefficient (Wildman–Crippen LogP) is 1.96. The molecule has 0 saturated carbocycles. The van der Waals surface area contributed by atoms with Crippen LogP contribution in [0.3, 0.4) is 0 Å². The molecule has 2 N–H and O–H groups in total. The molecule has 18 heavy (non-hydrogen) atoms. The van der Waals surface area contributed by atoms with Gasteiger partial charge in [-0.05, 0) is 24.3 Å². The van der Waals surface area contributed by atoms with Gasteiger partial charge in [0.15, 0.2) is 5.82 Å². The van der Waals surface area contributed by atoms with Gasteiger partial charge in [-0.25, -0.2) is 4.98 Å². The fourth-order valence-corrected chi connectivity index (χ4v) is 2.05. The van der Waals surface area contributed by atoms with Gasteiger partial charge in [0.2, 0.25) is 11.1 Å². The lowest BCUT2D eigenvalue weighted by molar-refractivity contribution is -0.118. The van der Waals surface area contributed by atoms with Crippen molar-refractivity contribution in [2.45, 2.75) is 5.16 Å². The lowest BCUT2D eigenvalue weighted by Crippen LogP contribution is -2.19. The SMILES string of the molecule is CNC(=O)CSc1n[nH]c(-c2ccc(Cl)cc2)n1. The Balaban J connectivity index is 2.06. The molecular weight excluding hydrogens is 272 g/mol. The van der Waals surface area contributed by atoms with Gasteiger partial charge in [0.25, 0.3) is 0 Å². The second-order valence-corrected chi connectivity index (χ2v) is 4.81. The highest BCUT2D eigenvalue weighted by molar-refractivity contribution is 7.99. The standard InChI is InChI=1S/C11H11ClN4OS/c1-13-9(17)6-18-11-14-10(15-16-11)7-2-4-8(12)5-3-7/h2-5H,6H2,1H3,(H,13,17)(H,14,15,16). The highest BCUT2D eigenvalue weighted by Gasteiger charge is 2.07. The van der Waals surface area contributed by atoms with E-state index >= 15 is 0 Å². The minimum Gasteiger partial charge on any atom is -0.358 e. The summed E-state index contributed by atoms with van der Waals surface area (Å²) in [5, 5.41) is 10.6. The van der Waals surface area contributed by atoms with E-state index in [1.807, 2.05) is 12.1 Å². The van der Waals surface area contributed by atoms with Crippen LogP contribution in [0, 0.1) is 0 Å². The van der Waals surface area contributed by atoms with Gasteiger partial charge in [-0.3, -0.25) is 9.89 Å². The Hall–Kier alpha value is -1.53. The van der Waals surface area contributed by atoms with E-state index in [1.165, 1.54) is 11.8 Å². The summed E-state index contributed by atoms with van der Waals surface area (Å²) >= 11 is 7.09. The molecule has 1 aromatic heterocycles. The van der Waals surface area contributed by atoms with Gasteiger partial charge in [-0.2, -0.15) is 0 Å². The number of benzene rings is 1. The average Bonchev–Trinajstić information content (AvgIpc) is 2.85. The molecule has 2 aromatic rings. The Bertz CT molecular complexity index is 540. The number of nitrogens with one attached hydrogen (secondary N) is 2. The molecule has 1 heterocycles. The van der Waals surface area contributed by atoms with Crippen LogP contribution in [0.15, 0.2) is 29.4 Å². The number of carbonyl (C=O) groups is 1. The van der Waals surface area contributed by atoms with E-state index in [-0.39, 0.29) is 5.91 Å². The quantitative estimate of drug-likeness (QED) is 0.841. The third-order valence-electron chi connectivity index (χ3n) is 2.19. The Morgan fingerprint density at radius 3 is 2.83 bits per heavy atom. The van der Waals surface area contributed by atoms with Gasteiger partial charge in [0.1, 0.15) is 0 Å². The zero-order valence-corrected chi connectivity index (χ0v) is 11.2. The molecule has 2 rings (SSSR count). The van der Waals surface area contributed by atoms with E-state index in [0.29, 0.717) is 21.8 Å².